The van der Waals surface area contributed by atoms with Crippen molar-refractivity contribution in [1.29, 1.82) is 0 Å². The number of esters is 1. The van der Waals surface area contributed by atoms with Crippen LogP contribution in [0.3, 0.4) is 0 Å². The highest BCUT2D eigenvalue weighted by molar-refractivity contribution is 5.92. The molecule has 15 heavy (non-hydrogen) atoms. The molecule has 1 amide bonds. The summed E-state index contributed by atoms with van der Waals surface area (Å²) in [5.74, 6) is -0.598. The number of carbonyl (C=O) groups is 2. The standard InChI is InChI=1S/C9H13N3O3/c1-12-7(3-6-11-12)9(14)10-5-4-8(13)15-2/h3,6H,4-5H2,1-2H3,(H,10,14). The van der Waals surface area contributed by atoms with Crippen molar-refractivity contribution in [3.05, 3.63) is 18.0 Å². The fourth-order valence-corrected chi connectivity index (χ4v) is 1.07. The van der Waals surface area contributed by atoms with E-state index in [0.29, 0.717) is 5.69 Å². The second-order valence-corrected chi connectivity index (χ2v) is 2.92. The van der Waals surface area contributed by atoms with Crippen LogP contribution in [0.2, 0.25) is 0 Å². The van der Waals surface area contributed by atoms with Crippen LogP contribution < -0.4 is 5.32 Å². The second-order valence-electron chi connectivity index (χ2n) is 2.92. The Morgan fingerprint density at radius 1 is 1.60 bits per heavy atom. The van der Waals surface area contributed by atoms with Gasteiger partial charge < -0.3 is 10.1 Å². The summed E-state index contributed by atoms with van der Waals surface area (Å²) in [6.45, 7) is 0.261. The van der Waals surface area contributed by atoms with E-state index < -0.39 is 0 Å². The molecule has 82 valence electrons. The molecule has 1 heterocycles. The number of methoxy groups -OCH3 is 1. The molecule has 0 aliphatic carbocycles. The molecule has 0 bridgehead atoms. The van der Waals surface area contributed by atoms with Gasteiger partial charge in [-0.05, 0) is 6.07 Å². The molecule has 0 saturated heterocycles. The van der Waals surface area contributed by atoms with Crippen LogP contribution in [0.25, 0.3) is 0 Å². The summed E-state index contributed by atoms with van der Waals surface area (Å²) in [6.07, 6.45) is 1.70. The Balaban J connectivity index is 2.38. The SMILES string of the molecule is COC(=O)CCNC(=O)c1ccnn1C. The van der Waals surface area contributed by atoms with Crippen LogP contribution in [-0.4, -0.2) is 35.3 Å². The number of hydrogen-bond acceptors (Lipinski definition) is 4. The Bertz CT molecular complexity index is 359. The molecule has 0 aromatic carbocycles. The average molecular weight is 211 g/mol. The van der Waals surface area contributed by atoms with Crippen LogP contribution in [0.4, 0.5) is 0 Å². The molecule has 6 heteroatoms. The molecule has 1 N–H and O–H groups in total. The smallest absolute Gasteiger partial charge is 0.307 e. The Labute approximate surface area is 87.2 Å². The number of aromatic nitrogens is 2. The van der Waals surface area contributed by atoms with E-state index in [1.807, 2.05) is 0 Å². The van der Waals surface area contributed by atoms with E-state index in [9.17, 15) is 9.59 Å². The third-order valence-electron chi connectivity index (χ3n) is 1.90. The zero-order valence-corrected chi connectivity index (χ0v) is 8.69. The highest BCUT2D eigenvalue weighted by atomic mass is 16.5. The van der Waals surface area contributed by atoms with Gasteiger partial charge in [-0.1, -0.05) is 0 Å². The molecule has 6 nitrogen and oxygen atoms in total. The van der Waals surface area contributed by atoms with Crippen molar-refractivity contribution in [3.8, 4) is 0 Å². The number of hydrogen-bond donors (Lipinski definition) is 1. The molecule has 0 saturated carbocycles. The number of rotatable bonds is 4. The summed E-state index contributed by atoms with van der Waals surface area (Å²) < 4.78 is 5.90. The van der Waals surface area contributed by atoms with E-state index in [4.69, 9.17) is 0 Å². The molecular weight excluding hydrogens is 198 g/mol. The third kappa shape index (κ3) is 3.08. The Kier molecular flexibility index (Phi) is 3.84. The van der Waals surface area contributed by atoms with Gasteiger partial charge in [-0.25, -0.2) is 0 Å². The average Bonchev–Trinajstić information content (AvgIpc) is 2.64. The molecule has 1 aromatic rings. The van der Waals surface area contributed by atoms with Gasteiger partial charge in [0, 0.05) is 19.8 Å². The van der Waals surface area contributed by atoms with Crippen molar-refractivity contribution in [2.24, 2.45) is 7.05 Å². The van der Waals surface area contributed by atoms with Gasteiger partial charge in [-0.3, -0.25) is 14.3 Å². The van der Waals surface area contributed by atoms with Gasteiger partial charge in [0.25, 0.3) is 5.91 Å². The van der Waals surface area contributed by atoms with E-state index in [1.165, 1.54) is 18.0 Å². The van der Waals surface area contributed by atoms with Gasteiger partial charge in [0.2, 0.25) is 0 Å². The van der Waals surface area contributed by atoms with Crippen molar-refractivity contribution >= 4 is 11.9 Å². The topological polar surface area (TPSA) is 73.2 Å². The van der Waals surface area contributed by atoms with Crippen molar-refractivity contribution in [3.63, 3.8) is 0 Å². The van der Waals surface area contributed by atoms with Gasteiger partial charge in [0.1, 0.15) is 5.69 Å². The zero-order chi connectivity index (χ0) is 11.3. The van der Waals surface area contributed by atoms with E-state index in [2.05, 4.69) is 15.2 Å². The maximum Gasteiger partial charge on any atom is 0.307 e. The molecule has 0 atom stereocenters. The Hall–Kier alpha value is -1.85. The fourth-order valence-electron chi connectivity index (χ4n) is 1.07. The number of carbonyl (C=O) groups excluding carboxylic acids is 2. The minimum atomic E-state index is -0.347. The zero-order valence-electron chi connectivity index (χ0n) is 8.69. The Morgan fingerprint density at radius 3 is 2.87 bits per heavy atom. The van der Waals surface area contributed by atoms with Crippen LogP contribution in [0.1, 0.15) is 16.9 Å². The maximum absolute atomic E-state index is 11.5. The fraction of sp³-hybridized carbons (Fsp3) is 0.444. The molecule has 0 aliphatic rings. The first-order chi connectivity index (χ1) is 7.15. The van der Waals surface area contributed by atoms with E-state index >= 15 is 0 Å². The monoisotopic (exact) mass is 211 g/mol. The third-order valence-corrected chi connectivity index (χ3v) is 1.90. The Morgan fingerprint density at radius 2 is 2.33 bits per heavy atom. The van der Waals surface area contributed by atoms with E-state index in [-0.39, 0.29) is 24.8 Å². The van der Waals surface area contributed by atoms with Crippen molar-refractivity contribution in [1.82, 2.24) is 15.1 Å². The largest absolute Gasteiger partial charge is 0.469 e. The number of amides is 1. The van der Waals surface area contributed by atoms with Gasteiger partial charge in [-0.2, -0.15) is 5.10 Å². The predicted octanol–water partition coefficient (Wildman–Crippen LogP) is -0.287. The maximum atomic E-state index is 11.5. The van der Waals surface area contributed by atoms with Crippen molar-refractivity contribution in [2.75, 3.05) is 13.7 Å². The van der Waals surface area contributed by atoms with Crippen LogP contribution in [0.15, 0.2) is 12.3 Å². The molecule has 1 rings (SSSR count). The quantitative estimate of drug-likeness (QED) is 0.695. The molecule has 1 aromatic heterocycles. The van der Waals surface area contributed by atoms with Crippen LogP contribution >= 0.6 is 0 Å². The first kappa shape index (κ1) is 11.2. The summed E-state index contributed by atoms with van der Waals surface area (Å²) in [7, 11) is 2.99. The predicted molar refractivity (Wildman–Crippen MR) is 52.2 cm³/mol. The summed E-state index contributed by atoms with van der Waals surface area (Å²) in [5.41, 5.74) is 0.458. The van der Waals surface area contributed by atoms with Gasteiger partial charge in [-0.15, -0.1) is 0 Å². The van der Waals surface area contributed by atoms with Crippen LogP contribution in [0, 0.1) is 0 Å². The van der Waals surface area contributed by atoms with Crippen LogP contribution in [-0.2, 0) is 16.6 Å². The normalized spacial score (nSPS) is 9.73. The lowest BCUT2D eigenvalue weighted by atomic mass is 10.3. The first-order valence-corrected chi connectivity index (χ1v) is 4.48. The summed E-state index contributed by atoms with van der Waals surface area (Å²) >= 11 is 0. The van der Waals surface area contributed by atoms with Crippen molar-refractivity contribution < 1.29 is 14.3 Å². The highest BCUT2D eigenvalue weighted by Crippen LogP contribution is 1.95. The molecule has 0 unspecified atom stereocenters. The molecule has 0 fully saturated rings. The summed E-state index contributed by atoms with van der Waals surface area (Å²) in [4.78, 5) is 22.2. The molecule has 0 radical (unpaired) electrons. The lowest BCUT2D eigenvalue weighted by Gasteiger charge is -2.04. The number of ether oxygens (including phenoxy) is 1. The summed E-state index contributed by atoms with van der Waals surface area (Å²) in [5, 5.41) is 6.45. The van der Waals surface area contributed by atoms with E-state index in [0.717, 1.165) is 0 Å². The van der Waals surface area contributed by atoms with Crippen LogP contribution in [0.5, 0.6) is 0 Å². The van der Waals surface area contributed by atoms with E-state index in [1.54, 1.807) is 13.1 Å². The first-order valence-electron chi connectivity index (χ1n) is 4.48. The second kappa shape index (κ2) is 5.14. The number of nitrogens with one attached hydrogen (secondary N) is 1. The number of nitrogens with zero attached hydrogens (tertiary/aromatic N) is 2. The minimum Gasteiger partial charge on any atom is -0.469 e. The minimum absolute atomic E-state index is 0.167. The number of aryl methyl sites for hydroxylation is 1. The lowest BCUT2D eigenvalue weighted by Crippen LogP contribution is -2.28. The highest BCUT2D eigenvalue weighted by Gasteiger charge is 2.09. The van der Waals surface area contributed by atoms with Crippen molar-refractivity contribution in [2.45, 2.75) is 6.42 Å². The van der Waals surface area contributed by atoms with Gasteiger partial charge >= 0.3 is 5.97 Å². The van der Waals surface area contributed by atoms with Gasteiger partial charge in [0.05, 0.1) is 13.5 Å². The molecule has 0 aliphatic heterocycles. The molecule has 0 spiro atoms. The van der Waals surface area contributed by atoms with Gasteiger partial charge in [0.15, 0.2) is 0 Å². The summed E-state index contributed by atoms with van der Waals surface area (Å²) in [6, 6.07) is 1.60. The lowest BCUT2D eigenvalue weighted by molar-refractivity contribution is -0.140. The molecular formula is C9H13N3O3.